The Bertz CT molecular complexity index is 325. The van der Waals surface area contributed by atoms with Gasteiger partial charge in [-0.25, -0.2) is 0 Å². The third kappa shape index (κ3) is 5.47. The van der Waals surface area contributed by atoms with E-state index in [0.29, 0.717) is 19.1 Å². The van der Waals surface area contributed by atoms with Crippen LogP contribution in [0.3, 0.4) is 0 Å². The van der Waals surface area contributed by atoms with Crippen molar-refractivity contribution in [1.29, 1.82) is 0 Å². The van der Waals surface area contributed by atoms with Crippen molar-refractivity contribution in [3.63, 3.8) is 0 Å². The summed E-state index contributed by atoms with van der Waals surface area (Å²) in [6.45, 7) is 8.22. The third-order valence-electron chi connectivity index (χ3n) is 2.53. The number of pyridine rings is 1. The minimum Gasteiger partial charge on any atom is -0.490 e. The molecule has 102 valence electrons. The van der Waals surface area contributed by atoms with Crippen LogP contribution in [0.25, 0.3) is 0 Å². The molecule has 4 heteroatoms. The van der Waals surface area contributed by atoms with Gasteiger partial charge in [-0.15, -0.1) is 0 Å². The smallest absolute Gasteiger partial charge is 0.137 e. The molecule has 1 rings (SSSR count). The fraction of sp³-hybridized carbons (Fsp3) is 0.643. The molecule has 1 aromatic rings. The maximum atomic E-state index is 5.89. The van der Waals surface area contributed by atoms with Crippen molar-refractivity contribution in [3.05, 3.63) is 24.0 Å². The molecular formula is C14H24N2O2. The number of nitrogens with two attached hydrogens (primary N) is 1. The van der Waals surface area contributed by atoms with E-state index in [1.807, 2.05) is 19.1 Å². The fourth-order valence-corrected chi connectivity index (χ4v) is 1.44. The van der Waals surface area contributed by atoms with Gasteiger partial charge in [-0.1, -0.05) is 20.8 Å². The Morgan fingerprint density at radius 3 is 2.61 bits per heavy atom. The van der Waals surface area contributed by atoms with Gasteiger partial charge >= 0.3 is 0 Å². The van der Waals surface area contributed by atoms with Crippen LogP contribution in [-0.2, 0) is 4.74 Å². The zero-order chi connectivity index (χ0) is 13.4. The van der Waals surface area contributed by atoms with E-state index in [1.165, 1.54) is 0 Å². The lowest BCUT2D eigenvalue weighted by atomic mass is 10.1. The molecule has 0 unspecified atom stereocenters. The van der Waals surface area contributed by atoms with Crippen molar-refractivity contribution < 1.29 is 9.47 Å². The summed E-state index contributed by atoms with van der Waals surface area (Å²) < 4.78 is 11.0. The molecule has 0 fully saturated rings. The fourth-order valence-electron chi connectivity index (χ4n) is 1.44. The van der Waals surface area contributed by atoms with Crippen LogP contribution in [0, 0.1) is 5.92 Å². The monoisotopic (exact) mass is 252 g/mol. The summed E-state index contributed by atoms with van der Waals surface area (Å²) in [5, 5.41) is 0. The van der Waals surface area contributed by atoms with Crippen LogP contribution < -0.4 is 10.5 Å². The van der Waals surface area contributed by atoms with E-state index < -0.39 is 0 Å². The highest BCUT2D eigenvalue weighted by atomic mass is 16.5. The second kappa shape index (κ2) is 8.06. The van der Waals surface area contributed by atoms with Crippen LogP contribution in [0.5, 0.6) is 5.75 Å². The van der Waals surface area contributed by atoms with Crippen molar-refractivity contribution in [2.45, 2.75) is 33.2 Å². The van der Waals surface area contributed by atoms with Crippen molar-refractivity contribution in [2.75, 3.05) is 19.8 Å². The lowest BCUT2D eigenvalue weighted by molar-refractivity contribution is 0.0818. The average Bonchev–Trinajstić information content (AvgIpc) is 2.38. The molecule has 0 aromatic carbocycles. The SMILES string of the molecule is CC[C@@H](N)c1ccc(OCCOCC(C)C)cn1. The van der Waals surface area contributed by atoms with Crippen LogP contribution in [0.1, 0.15) is 38.9 Å². The summed E-state index contributed by atoms with van der Waals surface area (Å²) in [7, 11) is 0. The summed E-state index contributed by atoms with van der Waals surface area (Å²) in [5.41, 5.74) is 6.79. The van der Waals surface area contributed by atoms with E-state index in [9.17, 15) is 0 Å². The normalized spacial score (nSPS) is 12.7. The van der Waals surface area contributed by atoms with Gasteiger partial charge in [-0.2, -0.15) is 0 Å². The molecule has 1 heterocycles. The van der Waals surface area contributed by atoms with E-state index in [-0.39, 0.29) is 6.04 Å². The van der Waals surface area contributed by atoms with Gasteiger partial charge in [-0.05, 0) is 24.5 Å². The van der Waals surface area contributed by atoms with Gasteiger partial charge in [-0.3, -0.25) is 4.98 Å². The predicted octanol–water partition coefficient (Wildman–Crippen LogP) is 2.54. The van der Waals surface area contributed by atoms with Crippen LogP contribution in [0.15, 0.2) is 18.3 Å². The van der Waals surface area contributed by atoms with E-state index in [1.54, 1.807) is 6.20 Å². The number of nitrogens with zero attached hydrogens (tertiary/aromatic N) is 1. The first-order chi connectivity index (χ1) is 8.63. The zero-order valence-corrected chi connectivity index (χ0v) is 11.6. The number of hydrogen-bond acceptors (Lipinski definition) is 4. The van der Waals surface area contributed by atoms with Crippen LogP contribution >= 0.6 is 0 Å². The summed E-state index contributed by atoms with van der Waals surface area (Å²) >= 11 is 0. The maximum Gasteiger partial charge on any atom is 0.137 e. The molecule has 0 spiro atoms. The summed E-state index contributed by atoms with van der Waals surface area (Å²) in [4.78, 5) is 4.29. The average molecular weight is 252 g/mol. The van der Waals surface area contributed by atoms with Gasteiger partial charge in [0.2, 0.25) is 0 Å². The molecule has 18 heavy (non-hydrogen) atoms. The van der Waals surface area contributed by atoms with Gasteiger partial charge in [0.1, 0.15) is 12.4 Å². The molecule has 0 amide bonds. The summed E-state index contributed by atoms with van der Waals surface area (Å²) in [6, 6.07) is 3.83. The first-order valence-corrected chi connectivity index (χ1v) is 6.55. The molecule has 0 radical (unpaired) electrons. The molecule has 0 aliphatic carbocycles. The molecular weight excluding hydrogens is 228 g/mol. The molecule has 1 aromatic heterocycles. The molecule has 0 bridgehead atoms. The standard InChI is InChI=1S/C14H24N2O2/c1-4-13(15)14-6-5-12(9-16-14)18-8-7-17-10-11(2)3/h5-6,9,11,13H,4,7-8,10,15H2,1-3H3/t13-/m1/s1. The minimum atomic E-state index is 0.00780. The van der Waals surface area contributed by atoms with Crippen molar-refractivity contribution >= 4 is 0 Å². The number of ether oxygens (including phenoxy) is 2. The molecule has 0 aliphatic heterocycles. The van der Waals surface area contributed by atoms with Gasteiger partial charge in [0.25, 0.3) is 0 Å². The molecule has 4 nitrogen and oxygen atoms in total. The topological polar surface area (TPSA) is 57.4 Å². The van der Waals surface area contributed by atoms with Crippen molar-refractivity contribution in [3.8, 4) is 5.75 Å². The van der Waals surface area contributed by atoms with E-state index in [2.05, 4.69) is 18.8 Å². The lowest BCUT2D eigenvalue weighted by Crippen LogP contribution is -2.12. The van der Waals surface area contributed by atoms with Gasteiger partial charge < -0.3 is 15.2 Å². The molecule has 0 saturated heterocycles. The first-order valence-electron chi connectivity index (χ1n) is 6.55. The largest absolute Gasteiger partial charge is 0.490 e. The summed E-state index contributed by atoms with van der Waals surface area (Å²) in [6.07, 6.45) is 2.60. The highest BCUT2D eigenvalue weighted by Crippen LogP contribution is 2.14. The predicted molar refractivity (Wildman–Crippen MR) is 72.6 cm³/mol. The Morgan fingerprint density at radius 2 is 2.06 bits per heavy atom. The molecule has 0 aliphatic rings. The second-order valence-electron chi connectivity index (χ2n) is 4.75. The van der Waals surface area contributed by atoms with Crippen molar-refractivity contribution in [1.82, 2.24) is 4.98 Å². The quantitative estimate of drug-likeness (QED) is 0.722. The van der Waals surface area contributed by atoms with Gasteiger partial charge in [0.15, 0.2) is 0 Å². The van der Waals surface area contributed by atoms with Gasteiger partial charge in [0, 0.05) is 12.6 Å². The maximum absolute atomic E-state index is 5.89. The number of hydrogen-bond donors (Lipinski definition) is 1. The Morgan fingerprint density at radius 1 is 1.28 bits per heavy atom. The van der Waals surface area contributed by atoms with Crippen LogP contribution in [-0.4, -0.2) is 24.8 Å². The van der Waals surface area contributed by atoms with E-state index >= 15 is 0 Å². The minimum absolute atomic E-state index is 0.00780. The first kappa shape index (κ1) is 14.9. The zero-order valence-electron chi connectivity index (χ0n) is 11.6. The van der Waals surface area contributed by atoms with E-state index in [4.69, 9.17) is 15.2 Å². The second-order valence-corrected chi connectivity index (χ2v) is 4.75. The highest BCUT2D eigenvalue weighted by Gasteiger charge is 2.04. The van der Waals surface area contributed by atoms with Crippen molar-refractivity contribution in [2.24, 2.45) is 11.7 Å². The number of aromatic nitrogens is 1. The van der Waals surface area contributed by atoms with Gasteiger partial charge in [0.05, 0.1) is 18.5 Å². The Kier molecular flexibility index (Phi) is 6.68. The Hall–Kier alpha value is -1.13. The molecule has 0 saturated carbocycles. The van der Waals surface area contributed by atoms with Crippen LogP contribution in [0.2, 0.25) is 0 Å². The number of rotatable bonds is 8. The molecule has 1 atom stereocenters. The Labute approximate surface area is 110 Å². The third-order valence-corrected chi connectivity index (χ3v) is 2.53. The molecule has 2 N–H and O–H groups in total. The lowest BCUT2D eigenvalue weighted by Gasteiger charge is -2.10. The van der Waals surface area contributed by atoms with E-state index in [0.717, 1.165) is 24.5 Å². The van der Waals surface area contributed by atoms with Crippen LogP contribution in [0.4, 0.5) is 0 Å². The summed E-state index contributed by atoms with van der Waals surface area (Å²) in [5.74, 6) is 1.32. The Balaban J connectivity index is 2.27. The highest BCUT2D eigenvalue weighted by molar-refractivity contribution is 5.21.